The quantitative estimate of drug-likeness (QED) is 0.263. The number of rotatable bonds is 4. The second-order valence-electron chi connectivity index (χ2n) is 5.37. The zero-order valence-corrected chi connectivity index (χ0v) is 16.6. The molecule has 0 atom stereocenters. The molecule has 136 valence electrons. The molecule has 1 saturated heterocycles. The number of carbonyl (C=O) groups is 1. The van der Waals surface area contributed by atoms with Gasteiger partial charge in [0.25, 0.3) is 11.6 Å². The lowest BCUT2D eigenvalue weighted by atomic mass is 10.2. The van der Waals surface area contributed by atoms with Gasteiger partial charge in [0.05, 0.1) is 15.5 Å². The largest absolute Gasteiger partial charge is 0.270 e. The first kappa shape index (κ1) is 19.6. The van der Waals surface area contributed by atoms with Crippen LogP contribution in [-0.4, -0.2) is 15.2 Å². The number of benzene rings is 2. The number of nitro groups is 1. The summed E-state index contributed by atoms with van der Waals surface area (Å²) in [5.74, 6) is -0.275. The third kappa shape index (κ3) is 4.56. The van der Waals surface area contributed by atoms with Gasteiger partial charge in [0.15, 0.2) is 4.32 Å². The Bertz CT molecular complexity index is 987. The highest BCUT2D eigenvalue weighted by Crippen LogP contribution is 2.36. The van der Waals surface area contributed by atoms with Gasteiger partial charge in [0, 0.05) is 22.2 Å². The monoisotopic (exact) mass is 436 g/mol. The molecule has 1 heterocycles. The van der Waals surface area contributed by atoms with Crippen molar-refractivity contribution in [3.63, 3.8) is 0 Å². The molecule has 0 radical (unpaired) electrons. The highest BCUT2D eigenvalue weighted by molar-refractivity contribution is 8.27. The standard InChI is InChI=1S/C18H10Cl2N2O3S2/c19-12-3-7-14(8-4-12)21-17(23)16(27-18(21)26)10-13(20)9-11-1-5-15(6-2-11)22(24)25/h1-10H/b13-9-,16-10-. The fourth-order valence-corrected chi connectivity index (χ4v) is 4.01. The van der Waals surface area contributed by atoms with Crippen LogP contribution in [0.2, 0.25) is 5.02 Å². The summed E-state index contributed by atoms with van der Waals surface area (Å²) >= 11 is 18.6. The van der Waals surface area contributed by atoms with E-state index < -0.39 is 4.92 Å². The Balaban J connectivity index is 1.82. The molecule has 0 saturated carbocycles. The third-order valence-electron chi connectivity index (χ3n) is 3.56. The minimum atomic E-state index is -0.475. The molecule has 1 aliphatic rings. The maximum absolute atomic E-state index is 12.7. The van der Waals surface area contributed by atoms with Crippen molar-refractivity contribution in [1.82, 2.24) is 0 Å². The number of non-ortho nitro benzene ring substituents is 1. The number of thioether (sulfide) groups is 1. The van der Waals surface area contributed by atoms with Crippen LogP contribution in [-0.2, 0) is 4.79 Å². The van der Waals surface area contributed by atoms with Gasteiger partial charge >= 0.3 is 0 Å². The molecule has 3 rings (SSSR count). The van der Waals surface area contributed by atoms with Gasteiger partial charge in [0.1, 0.15) is 0 Å². The molecule has 9 heteroatoms. The van der Waals surface area contributed by atoms with Gasteiger partial charge < -0.3 is 0 Å². The van der Waals surface area contributed by atoms with E-state index in [0.717, 1.165) is 11.8 Å². The fourth-order valence-electron chi connectivity index (χ4n) is 2.30. The van der Waals surface area contributed by atoms with Gasteiger partial charge in [-0.15, -0.1) is 0 Å². The van der Waals surface area contributed by atoms with Crippen molar-refractivity contribution in [3.8, 4) is 0 Å². The Labute approximate surface area is 174 Å². The molecule has 0 aromatic heterocycles. The van der Waals surface area contributed by atoms with Gasteiger partial charge in [-0.3, -0.25) is 19.8 Å². The van der Waals surface area contributed by atoms with E-state index >= 15 is 0 Å². The van der Waals surface area contributed by atoms with E-state index in [2.05, 4.69) is 0 Å². The number of hydrogen-bond donors (Lipinski definition) is 0. The summed E-state index contributed by atoms with van der Waals surface area (Å²) in [7, 11) is 0. The van der Waals surface area contributed by atoms with E-state index in [1.165, 1.54) is 23.1 Å². The van der Waals surface area contributed by atoms with Crippen LogP contribution >= 0.6 is 47.2 Å². The van der Waals surface area contributed by atoms with Crippen LogP contribution in [0, 0.1) is 10.1 Å². The molecule has 2 aromatic carbocycles. The average molecular weight is 437 g/mol. The number of nitrogens with zero attached hydrogens (tertiary/aromatic N) is 2. The minimum Gasteiger partial charge on any atom is -0.268 e. The van der Waals surface area contributed by atoms with E-state index in [9.17, 15) is 14.9 Å². The van der Waals surface area contributed by atoms with Crippen molar-refractivity contribution in [2.45, 2.75) is 0 Å². The lowest BCUT2D eigenvalue weighted by Crippen LogP contribution is -2.27. The van der Waals surface area contributed by atoms with Gasteiger partial charge in [-0.25, -0.2) is 0 Å². The van der Waals surface area contributed by atoms with Crippen LogP contribution in [0.3, 0.4) is 0 Å². The third-order valence-corrected chi connectivity index (χ3v) is 5.33. The van der Waals surface area contributed by atoms with Crippen molar-refractivity contribution in [2.24, 2.45) is 0 Å². The van der Waals surface area contributed by atoms with Crippen LogP contribution in [0.15, 0.2) is 64.5 Å². The van der Waals surface area contributed by atoms with Gasteiger partial charge in [0.2, 0.25) is 0 Å². The second-order valence-corrected chi connectivity index (χ2v) is 7.92. The number of amides is 1. The predicted octanol–water partition coefficient (Wildman–Crippen LogP) is 5.78. The van der Waals surface area contributed by atoms with Crippen LogP contribution in [0.1, 0.15) is 5.56 Å². The maximum atomic E-state index is 12.7. The molecule has 5 nitrogen and oxygen atoms in total. The first-order valence-corrected chi connectivity index (χ1v) is 9.48. The maximum Gasteiger partial charge on any atom is 0.270 e. The van der Waals surface area contributed by atoms with Crippen LogP contribution in [0.4, 0.5) is 11.4 Å². The normalized spacial score (nSPS) is 16.3. The molecule has 0 unspecified atom stereocenters. The van der Waals surface area contributed by atoms with Crippen molar-refractivity contribution in [3.05, 3.63) is 85.2 Å². The molecule has 2 aromatic rings. The van der Waals surface area contributed by atoms with E-state index in [4.69, 9.17) is 35.4 Å². The topological polar surface area (TPSA) is 63.4 Å². The highest BCUT2D eigenvalue weighted by Gasteiger charge is 2.33. The Morgan fingerprint density at radius 2 is 1.78 bits per heavy atom. The van der Waals surface area contributed by atoms with Crippen LogP contribution in [0.5, 0.6) is 0 Å². The molecule has 1 amide bonds. The molecule has 1 fully saturated rings. The zero-order valence-electron chi connectivity index (χ0n) is 13.5. The van der Waals surface area contributed by atoms with Gasteiger partial charge in [-0.2, -0.15) is 0 Å². The second kappa shape index (κ2) is 8.22. The van der Waals surface area contributed by atoms with Crippen molar-refractivity contribution >= 4 is 74.9 Å². The van der Waals surface area contributed by atoms with E-state index in [-0.39, 0.29) is 11.6 Å². The summed E-state index contributed by atoms with van der Waals surface area (Å²) in [4.78, 5) is 24.7. The van der Waals surface area contributed by atoms with Gasteiger partial charge in [-0.05, 0) is 54.1 Å². The van der Waals surface area contributed by atoms with Crippen molar-refractivity contribution < 1.29 is 9.72 Å². The van der Waals surface area contributed by atoms with Crippen molar-refractivity contribution in [1.29, 1.82) is 0 Å². The molecule has 0 aliphatic carbocycles. The molecule has 27 heavy (non-hydrogen) atoms. The Morgan fingerprint density at radius 1 is 1.15 bits per heavy atom. The highest BCUT2D eigenvalue weighted by atomic mass is 35.5. The number of allylic oxidation sites excluding steroid dienone is 2. The van der Waals surface area contributed by atoms with Crippen LogP contribution < -0.4 is 4.90 Å². The summed E-state index contributed by atoms with van der Waals surface area (Å²) < 4.78 is 0.397. The molecule has 1 aliphatic heterocycles. The first-order chi connectivity index (χ1) is 12.8. The summed E-state index contributed by atoms with van der Waals surface area (Å²) in [5.41, 5.74) is 1.29. The number of carbonyl (C=O) groups excluding carboxylic acids is 1. The van der Waals surface area contributed by atoms with E-state index in [1.54, 1.807) is 42.5 Å². The molecular weight excluding hydrogens is 427 g/mol. The fraction of sp³-hybridized carbons (Fsp3) is 0. The SMILES string of the molecule is O=C1/C(=C/C(Cl)=C/c2ccc([N+](=O)[O-])cc2)SC(=S)N1c1ccc(Cl)cc1. The summed E-state index contributed by atoms with van der Waals surface area (Å²) in [6.07, 6.45) is 3.14. The number of anilines is 1. The smallest absolute Gasteiger partial charge is 0.268 e. The number of halogens is 2. The van der Waals surface area contributed by atoms with E-state index in [0.29, 0.717) is 30.5 Å². The summed E-state index contributed by atoms with van der Waals surface area (Å²) in [5, 5.41) is 11.6. The summed E-state index contributed by atoms with van der Waals surface area (Å²) in [6, 6.07) is 12.7. The Kier molecular flexibility index (Phi) is 5.96. The van der Waals surface area contributed by atoms with Gasteiger partial charge in [-0.1, -0.05) is 47.2 Å². The Morgan fingerprint density at radius 3 is 2.37 bits per heavy atom. The molecule has 0 spiro atoms. The zero-order chi connectivity index (χ0) is 19.6. The lowest BCUT2D eigenvalue weighted by molar-refractivity contribution is -0.384. The number of nitro benzene ring substituents is 1. The lowest BCUT2D eigenvalue weighted by Gasteiger charge is -2.14. The average Bonchev–Trinajstić information content (AvgIpc) is 2.90. The molecular formula is C18H10Cl2N2O3S2. The first-order valence-electron chi connectivity index (χ1n) is 7.50. The number of hydrogen-bond acceptors (Lipinski definition) is 5. The molecule has 0 N–H and O–H groups in total. The Hall–Kier alpha value is -2.19. The minimum absolute atomic E-state index is 0.00731. The summed E-state index contributed by atoms with van der Waals surface area (Å²) in [6.45, 7) is 0. The molecule has 0 bridgehead atoms. The van der Waals surface area contributed by atoms with Crippen molar-refractivity contribution in [2.75, 3.05) is 4.90 Å². The number of thiocarbonyl (C=S) groups is 1. The van der Waals surface area contributed by atoms with E-state index in [1.807, 2.05) is 0 Å². The van der Waals surface area contributed by atoms with Crippen LogP contribution in [0.25, 0.3) is 6.08 Å². The predicted molar refractivity (Wildman–Crippen MR) is 114 cm³/mol.